The van der Waals surface area contributed by atoms with Gasteiger partial charge in [0.25, 0.3) is 5.91 Å². The van der Waals surface area contributed by atoms with Gasteiger partial charge in [0.2, 0.25) is 11.8 Å². The summed E-state index contributed by atoms with van der Waals surface area (Å²) in [5, 5.41) is 2.89. The highest BCUT2D eigenvalue weighted by Gasteiger charge is 2.25. The maximum atomic E-state index is 12.6. The molecule has 1 aliphatic heterocycles. The molecule has 1 aliphatic rings. The second-order valence-corrected chi connectivity index (χ2v) is 6.48. The molecular formula is C21H20N4O4. The summed E-state index contributed by atoms with van der Waals surface area (Å²) in [6, 6.07) is 9.18. The lowest BCUT2D eigenvalue weighted by Crippen LogP contribution is -2.34. The fourth-order valence-electron chi connectivity index (χ4n) is 3.21. The third-order valence-corrected chi connectivity index (χ3v) is 4.63. The Kier molecular flexibility index (Phi) is 5.24. The standard InChI is InChI=1S/C21H20N4O4/c1-27-19-6-4-16(21(25-19)28-2)20(26)24-11-15-10-14-9-13(3-5-18(14)29-15)17-12-22-7-8-23-17/h3-9,12,15H,10-11H2,1-2H3,(H,24,26)/t15-/m0/s1. The van der Waals surface area contributed by atoms with Crippen molar-refractivity contribution in [1.82, 2.24) is 20.3 Å². The molecule has 148 valence electrons. The number of carbonyl (C=O) groups is 1. The van der Waals surface area contributed by atoms with Crippen LogP contribution in [0, 0.1) is 0 Å². The number of carbonyl (C=O) groups excluding carboxylic acids is 1. The Hall–Kier alpha value is -3.68. The van der Waals surface area contributed by atoms with Gasteiger partial charge in [0.05, 0.1) is 32.7 Å². The second-order valence-electron chi connectivity index (χ2n) is 6.48. The van der Waals surface area contributed by atoms with E-state index in [1.807, 2.05) is 12.1 Å². The van der Waals surface area contributed by atoms with E-state index in [1.165, 1.54) is 14.2 Å². The van der Waals surface area contributed by atoms with Crippen LogP contribution in [-0.4, -0.2) is 47.7 Å². The van der Waals surface area contributed by atoms with Gasteiger partial charge in [-0.25, -0.2) is 0 Å². The highest BCUT2D eigenvalue weighted by atomic mass is 16.5. The van der Waals surface area contributed by atoms with Gasteiger partial charge < -0.3 is 19.5 Å². The molecule has 0 spiro atoms. The molecule has 0 saturated heterocycles. The Morgan fingerprint density at radius 1 is 1.21 bits per heavy atom. The van der Waals surface area contributed by atoms with Crippen LogP contribution in [0.15, 0.2) is 48.9 Å². The van der Waals surface area contributed by atoms with Crippen molar-refractivity contribution in [3.05, 3.63) is 60.0 Å². The normalized spacial score (nSPS) is 14.6. The molecule has 4 rings (SSSR count). The fraction of sp³-hybridized carbons (Fsp3) is 0.238. The summed E-state index contributed by atoms with van der Waals surface area (Å²) in [6.07, 6.45) is 5.59. The van der Waals surface area contributed by atoms with Gasteiger partial charge in [0, 0.05) is 30.4 Å². The summed E-state index contributed by atoms with van der Waals surface area (Å²) < 4.78 is 16.2. The Morgan fingerprint density at radius 2 is 2.10 bits per heavy atom. The van der Waals surface area contributed by atoms with Gasteiger partial charge >= 0.3 is 0 Å². The van der Waals surface area contributed by atoms with Gasteiger partial charge in [-0.3, -0.25) is 14.8 Å². The molecule has 29 heavy (non-hydrogen) atoms. The van der Waals surface area contributed by atoms with Gasteiger partial charge in [-0.15, -0.1) is 0 Å². The molecule has 1 aromatic carbocycles. The first kappa shape index (κ1) is 18.7. The van der Waals surface area contributed by atoms with Crippen molar-refractivity contribution in [3.63, 3.8) is 0 Å². The van der Waals surface area contributed by atoms with Gasteiger partial charge in [-0.05, 0) is 29.8 Å². The molecule has 2 aromatic heterocycles. The number of rotatable bonds is 6. The lowest BCUT2D eigenvalue weighted by Gasteiger charge is -2.13. The summed E-state index contributed by atoms with van der Waals surface area (Å²) in [5.74, 6) is 1.13. The third-order valence-electron chi connectivity index (χ3n) is 4.63. The number of hydrogen-bond donors (Lipinski definition) is 1. The molecule has 0 radical (unpaired) electrons. The molecule has 0 bridgehead atoms. The fourth-order valence-corrected chi connectivity index (χ4v) is 3.21. The molecule has 3 heterocycles. The number of methoxy groups -OCH3 is 2. The molecule has 8 nitrogen and oxygen atoms in total. The molecule has 8 heteroatoms. The van der Waals surface area contributed by atoms with E-state index in [-0.39, 0.29) is 17.9 Å². The van der Waals surface area contributed by atoms with Crippen molar-refractivity contribution in [3.8, 4) is 28.8 Å². The van der Waals surface area contributed by atoms with E-state index in [2.05, 4.69) is 26.3 Å². The first-order chi connectivity index (χ1) is 14.2. The molecule has 0 aliphatic carbocycles. The Bertz CT molecular complexity index is 1030. The van der Waals surface area contributed by atoms with Gasteiger partial charge in [0.1, 0.15) is 17.4 Å². The van der Waals surface area contributed by atoms with Crippen LogP contribution in [-0.2, 0) is 6.42 Å². The molecular weight excluding hydrogens is 372 g/mol. The number of nitrogens with one attached hydrogen (secondary N) is 1. The number of pyridine rings is 1. The number of ether oxygens (including phenoxy) is 3. The summed E-state index contributed by atoms with van der Waals surface area (Å²) in [4.78, 5) is 25.1. The molecule has 0 saturated carbocycles. The number of nitrogens with zero attached hydrogens (tertiary/aromatic N) is 3. The van der Waals surface area contributed by atoms with Crippen molar-refractivity contribution in [2.75, 3.05) is 20.8 Å². The zero-order valence-electron chi connectivity index (χ0n) is 16.1. The summed E-state index contributed by atoms with van der Waals surface area (Å²) >= 11 is 0. The van der Waals surface area contributed by atoms with E-state index < -0.39 is 0 Å². The van der Waals surface area contributed by atoms with Crippen molar-refractivity contribution in [2.45, 2.75) is 12.5 Å². The predicted octanol–water partition coefficient (Wildman–Crippen LogP) is 2.29. The van der Waals surface area contributed by atoms with Crippen LogP contribution >= 0.6 is 0 Å². The summed E-state index contributed by atoms with van der Waals surface area (Å²) in [7, 11) is 2.97. The Balaban J connectivity index is 1.40. The minimum absolute atomic E-state index is 0.150. The van der Waals surface area contributed by atoms with Crippen LogP contribution in [0.1, 0.15) is 15.9 Å². The Labute approximate surface area is 167 Å². The quantitative estimate of drug-likeness (QED) is 0.688. The third kappa shape index (κ3) is 3.96. The van der Waals surface area contributed by atoms with Gasteiger partial charge in [0.15, 0.2) is 0 Å². The van der Waals surface area contributed by atoms with Crippen LogP contribution in [0.2, 0.25) is 0 Å². The highest BCUT2D eigenvalue weighted by molar-refractivity contribution is 5.96. The first-order valence-corrected chi connectivity index (χ1v) is 9.11. The van der Waals surface area contributed by atoms with E-state index in [0.29, 0.717) is 24.4 Å². The van der Waals surface area contributed by atoms with Crippen molar-refractivity contribution in [2.24, 2.45) is 0 Å². The average Bonchev–Trinajstić information content (AvgIpc) is 3.19. The smallest absolute Gasteiger partial charge is 0.256 e. The van der Waals surface area contributed by atoms with E-state index >= 15 is 0 Å². The van der Waals surface area contributed by atoms with E-state index in [9.17, 15) is 4.79 Å². The molecule has 3 aromatic rings. The zero-order valence-corrected chi connectivity index (χ0v) is 16.1. The summed E-state index contributed by atoms with van der Waals surface area (Å²) in [6.45, 7) is 0.364. The Morgan fingerprint density at radius 3 is 2.86 bits per heavy atom. The largest absolute Gasteiger partial charge is 0.488 e. The molecule has 1 amide bonds. The molecule has 0 unspecified atom stereocenters. The molecule has 1 atom stereocenters. The zero-order chi connectivity index (χ0) is 20.2. The maximum absolute atomic E-state index is 12.6. The monoisotopic (exact) mass is 392 g/mol. The number of benzene rings is 1. The van der Waals surface area contributed by atoms with Crippen molar-refractivity contribution < 1.29 is 19.0 Å². The maximum Gasteiger partial charge on any atom is 0.256 e. The number of hydrogen-bond acceptors (Lipinski definition) is 7. The predicted molar refractivity (Wildman–Crippen MR) is 105 cm³/mol. The van der Waals surface area contributed by atoms with Crippen LogP contribution in [0.4, 0.5) is 0 Å². The van der Waals surface area contributed by atoms with Crippen LogP contribution in [0.3, 0.4) is 0 Å². The van der Waals surface area contributed by atoms with Crippen LogP contribution in [0.25, 0.3) is 11.3 Å². The SMILES string of the molecule is COc1ccc(C(=O)NC[C@@H]2Cc3cc(-c4cnccn4)ccc3O2)c(OC)n1. The first-order valence-electron chi connectivity index (χ1n) is 9.11. The average molecular weight is 392 g/mol. The molecule has 0 fully saturated rings. The summed E-state index contributed by atoms with van der Waals surface area (Å²) in [5.41, 5.74) is 3.22. The lowest BCUT2D eigenvalue weighted by atomic mass is 10.0. The van der Waals surface area contributed by atoms with E-state index in [4.69, 9.17) is 14.2 Å². The second kappa shape index (κ2) is 8.14. The number of amides is 1. The minimum atomic E-state index is -0.281. The van der Waals surface area contributed by atoms with Crippen molar-refractivity contribution in [1.29, 1.82) is 0 Å². The number of fused-ring (bicyclic) bond motifs is 1. The minimum Gasteiger partial charge on any atom is -0.488 e. The van der Waals surface area contributed by atoms with E-state index in [1.54, 1.807) is 30.7 Å². The van der Waals surface area contributed by atoms with Gasteiger partial charge in [-0.1, -0.05) is 0 Å². The van der Waals surface area contributed by atoms with Crippen LogP contribution < -0.4 is 19.5 Å². The number of aromatic nitrogens is 3. The topological polar surface area (TPSA) is 95.5 Å². The highest BCUT2D eigenvalue weighted by Crippen LogP contribution is 2.32. The van der Waals surface area contributed by atoms with Crippen LogP contribution in [0.5, 0.6) is 17.5 Å². The lowest BCUT2D eigenvalue weighted by molar-refractivity contribution is 0.0929. The van der Waals surface area contributed by atoms with Crippen molar-refractivity contribution >= 4 is 5.91 Å². The van der Waals surface area contributed by atoms with Gasteiger partial charge in [-0.2, -0.15) is 4.98 Å². The van der Waals surface area contributed by atoms with E-state index in [0.717, 1.165) is 22.6 Å². The molecule has 1 N–H and O–H groups in total.